The number of benzene rings is 2. The normalized spacial score (nSPS) is 14.4. The summed E-state index contributed by atoms with van der Waals surface area (Å²) in [5, 5.41) is 0.557. The second-order valence-corrected chi connectivity index (χ2v) is 8.72. The minimum Gasteiger partial charge on any atom is -0.440 e. The number of hydrogen-bond donors (Lipinski definition) is 0. The summed E-state index contributed by atoms with van der Waals surface area (Å²) in [4.78, 5) is 4.51. The lowest BCUT2D eigenvalue weighted by Crippen LogP contribution is -2.26. The van der Waals surface area contributed by atoms with Crippen molar-refractivity contribution in [3.63, 3.8) is 0 Å². The highest BCUT2D eigenvalue weighted by Gasteiger charge is 2.28. The fourth-order valence-electron chi connectivity index (χ4n) is 2.68. The van der Waals surface area contributed by atoms with Crippen LogP contribution < -0.4 is 4.31 Å². The van der Waals surface area contributed by atoms with E-state index in [1.54, 1.807) is 54.7 Å². The average Bonchev–Trinajstić information content (AvgIpc) is 3.39. The number of hydrogen-bond acceptors (Lipinski definition) is 4. The van der Waals surface area contributed by atoms with E-state index < -0.39 is 10.0 Å². The van der Waals surface area contributed by atoms with Crippen LogP contribution in [0, 0.1) is 0 Å². The Bertz CT molecular complexity index is 1020. The smallest absolute Gasteiger partial charge is 0.264 e. The molecule has 0 bridgehead atoms. The molecule has 3 aromatic rings. The molecule has 0 aliphatic heterocycles. The summed E-state index contributed by atoms with van der Waals surface area (Å²) >= 11 is 5.87. The molecule has 2 aromatic carbocycles. The molecule has 1 fully saturated rings. The second kappa shape index (κ2) is 6.45. The van der Waals surface area contributed by atoms with Gasteiger partial charge in [-0.1, -0.05) is 11.6 Å². The van der Waals surface area contributed by atoms with Gasteiger partial charge in [0.15, 0.2) is 11.7 Å². The molecule has 0 unspecified atom stereocenters. The predicted octanol–water partition coefficient (Wildman–Crippen LogP) is 4.70. The Labute approximate surface area is 157 Å². The Balaban J connectivity index is 1.59. The number of anilines is 1. The van der Waals surface area contributed by atoms with Gasteiger partial charge < -0.3 is 4.42 Å². The van der Waals surface area contributed by atoms with Crippen molar-refractivity contribution in [1.82, 2.24) is 4.98 Å². The van der Waals surface area contributed by atoms with E-state index in [2.05, 4.69) is 4.98 Å². The van der Waals surface area contributed by atoms with Crippen LogP contribution in [0.1, 0.15) is 24.7 Å². The molecule has 5 nitrogen and oxygen atoms in total. The lowest BCUT2D eigenvalue weighted by atomic mass is 10.2. The van der Waals surface area contributed by atoms with Crippen LogP contribution in [0.15, 0.2) is 64.0 Å². The first-order valence-electron chi connectivity index (χ1n) is 8.26. The van der Waals surface area contributed by atoms with Gasteiger partial charge in [-0.15, -0.1) is 0 Å². The van der Waals surface area contributed by atoms with E-state index in [1.165, 1.54) is 11.4 Å². The molecule has 0 amide bonds. The fourth-order valence-corrected chi connectivity index (χ4v) is 4.00. The topological polar surface area (TPSA) is 63.4 Å². The van der Waals surface area contributed by atoms with Gasteiger partial charge in [0.1, 0.15) is 0 Å². The summed E-state index contributed by atoms with van der Waals surface area (Å²) < 4.78 is 32.6. The molecule has 26 heavy (non-hydrogen) atoms. The van der Waals surface area contributed by atoms with Crippen LogP contribution in [0.2, 0.25) is 5.02 Å². The number of aromatic nitrogens is 1. The summed E-state index contributed by atoms with van der Waals surface area (Å²) in [6.45, 7) is 0. The molecular weight excluding hydrogens is 372 g/mol. The third-order valence-electron chi connectivity index (χ3n) is 4.44. The van der Waals surface area contributed by atoms with Gasteiger partial charge in [0.25, 0.3) is 10.0 Å². The maximum Gasteiger partial charge on any atom is 0.264 e. The first kappa shape index (κ1) is 17.1. The van der Waals surface area contributed by atoms with Crippen molar-refractivity contribution in [2.75, 3.05) is 11.4 Å². The minimum absolute atomic E-state index is 0.209. The molecule has 0 spiro atoms. The highest BCUT2D eigenvalue weighted by molar-refractivity contribution is 7.92. The largest absolute Gasteiger partial charge is 0.440 e. The Hall–Kier alpha value is -2.31. The van der Waals surface area contributed by atoms with Gasteiger partial charge in [-0.05, 0) is 61.4 Å². The van der Waals surface area contributed by atoms with Crippen LogP contribution in [0.3, 0.4) is 0 Å². The van der Waals surface area contributed by atoms with Crippen molar-refractivity contribution in [2.45, 2.75) is 23.7 Å². The van der Waals surface area contributed by atoms with Crippen LogP contribution in [-0.4, -0.2) is 20.4 Å². The molecule has 134 valence electrons. The molecular formula is C19H17ClN2O3S. The van der Waals surface area contributed by atoms with Crippen molar-refractivity contribution >= 4 is 27.3 Å². The summed E-state index contributed by atoms with van der Waals surface area (Å²) in [6.07, 6.45) is 3.93. The van der Waals surface area contributed by atoms with E-state index >= 15 is 0 Å². The van der Waals surface area contributed by atoms with Gasteiger partial charge >= 0.3 is 0 Å². The van der Waals surface area contributed by atoms with E-state index in [9.17, 15) is 8.42 Å². The summed E-state index contributed by atoms with van der Waals surface area (Å²) in [7, 11) is -2.14. The Morgan fingerprint density at radius 1 is 1.08 bits per heavy atom. The van der Waals surface area contributed by atoms with Crippen LogP contribution in [0.25, 0.3) is 11.3 Å². The Morgan fingerprint density at radius 3 is 2.35 bits per heavy atom. The third kappa shape index (κ3) is 3.22. The van der Waals surface area contributed by atoms with Crippen LogP contribution in [-0.2, 0) is 10.0 Å². The molecule has 1 saturated carbocycles. The lowest BCUT2D eigenvalue weighted by Gasteiger charge is -2.19. The quantitative estimate of drug-likeness (QED) is 0.635. The Morgan fingerprint density at radius 2 is 1.73 bits per heavy atom. The Kier molecular flexibility index (Phi) is 4.25. The van der Waals surface area contributed by atoms with E-state index in [1.807, 2.05) is 0 Å². The zero-order valence-corrected chi connectivity index (χ0v) is 15.7. The molecule has 0 atom stereocenters. The van der Waals surface area contributed by atoms with Crippen molar-refractivity contribution in [3.05, 3.63) is 65.6 Å². The number of halogens is 1. The lowest BCUT2D eigenvalue weighted by molar-refractivity contribution is 0.509. The van der Waals surface area contributed by atoms with Crippen molar-refractivity contribution in [3.8, 4) is 11.3 Å². The molecule has 1 aliphatic carbocycles. The molecule has 1 aliphatic rings. The minimum atomic E-state index is -3.66. The standard InChI is InChI=1S/C19H17ClN2O3S/c1-22(16-8-6-15(20)7-9-16)26(23,24)17-10-4-13(5-11-17)18-12-21-19(25-18)14-2-3-14/h4-12,14H,2-3H2,1H3. The van der Waals surface area contributed by atoms with Gasteiger partial charge in [-0.25, -0.2) is 13.4 Å². The van der Waals surface area contributed by atoms with E-state index in [0.29, 0.717) is 22.4 Å². The van der Waals surface area contributed by atoms with Crippen LogP contribution >= 0.6 is 11.6 Å². The highest BCUT2D eigenvalue weighted by atomic mass is 35.5. The van der Waals surface area contributed by atoms with Crippen LogP contribution in [0.4, 0.5) is 5.69 Å². The SMILES string of the molecule is CN(c1ccc(Cl)cc1)S(=O)(=O)c1ccc(-c2cnc(C3CC3)o2)cc1. The van der Waals surface area contributed by atoms with E-state index in [4.69, 9.17) is 16.0 Å². The fraction of sp³-hybridized carbons (Fsp3) is 0.211. The number of nitrogens with zero attached hydrogens (tertiary/aromatic N) is 2. The van der Waals surface area contributed by atoms with Crippen molar-refractivity contribution in [1.29, 1.82) is 0 Å². The molecule has 7 heteroatoms. The van der Waals surface area contributed by atoms with Crippen molar-refractivity contribution < 1.29 is 12.8 Å². The van der Waals surface area contributed by atoms with Gasteiger partial charge in [-0.3, -0.25) is 4.31 Å². The van der Waals surface area contributed by atoms with Crippen LogP contribution in [0.5, 0.6) is 0 Å². The second-order valence-electron chi connectivity index (χ2n) is 6.31. The predicted molar refractivity (Wildman–Crippen MR) is 101 cm³/mol. The number of rotatable bonds is 5. The first-order chi connectivity index (χ1) is 12.4. The number of sulfonamides is 1. The van der Waals surface area contributed by atoms with Gasteiger partial charge in [0.2, 0.25) is 0 Å². The zero-order chi connectivity index (χ0) is 18.3. The monoisotopic (exact) mass is 388 g/mol. The van der Waals surface area contributed by atoms with Gasteiger partial charge in [0.05, 0.1) is 16.8 Å². The first-order valence-corrected chi connectivity index (χ1v) is 10.1. The molecule has 0 radical (unpaired) electrons. The molecule has 0 N–H and O–H groups in total. The maximum atomic E-state index is 12.8. The van der Waals surface area contributed by atoms with Crippen molar-refractivity contribution in [2.24, 2.45) is 0 Å². The molecule has 4 rings (SSSR count). The summed E-state index contributed by atoms with van der Waals surface area (Å²) in [5.41, 5.74) is 1.35. The molecule has 1 aromatic heterocycles. The van der Waals surface area contributed by atoms with Gasteiger partial charge in [-0.2, -0.15) is 0 Å². The summed E-state index contributed by atoms with van der Waals surface area (Å²) in [6, 6.07) is 13.3. The average molecular weight is 389 g/mol. The van der Waals surface area contributed by atoms with E-state index in [-0.39, 0.29) is 4.90 Å². The third-order valence-corrected chi connectivity index (χ3v) is 6.49. The highest BCUT2D eigenvalue weighted by Crippen LogP contribution is 2.40. The van der Waals surface area contributed by atoms with Gasteiger partial charge in [0, 0.05) is 23.6 Å². The zero-order valence-electron chi connectivity index (χ0n) is 14.1. The molecule has 0 saturated heterocycles. The molecule has 1 heterocycles. The van der Waals surface area contributed by atoms with E-state index in [0.717, 1.165) is 24.3 Å². The summed E-state index contributed by atoms with van der Waals surface area (Å²) in [5.74, 6) is 1.86. The maximum absolute atomic E-state index is 12.8. The number of oxazole rings is 1.